The molecule has 8 heteroatoms. The average molecular weight is 467 g/mol. The summed E-state index contributed by atoms with van der Waals surface area (Å²) < 4.78 is 10.3. The van der Waals surface area contributed by atoms with Crippen molar-refractivity contribution in [2.24, 2.45) is 0 Å². The van der Waals surface area contributed by atoms with E-state index in [0.717, 1.165) is 16.9 Å². The van der Waals surface area contributed by atoms with Gasteiger partial charge in [0.25, 0.3) is 5.91 Å². The quantitative estimate of drug-likeness (QED) is 0.430. The van der Waals surface area contributed by atoms with E-state index < -0.39 is 5.97 Å². The molecule has 0 unspecified atom stereocenters. The van der Waals surface area contributed by atoms with Crippen molar-refractivity contribution in [2.45, 2.75) is 26.7 Å². The van der Waals surface area contributed by atoms with E-state index in [1.165, 1.54) is 7.11 Å². The zero-order valence-corrected chi connectivity index (χ0v) is 19.6. The van der Waals surface area contributed by atoms with Gasteiger partial charge in [0.2, 0.25) is 5.91 Å². The monoisotopic (exact) mass is 466 g/mol. The van der Waals surface area contributed by atoms with Crippen LogP contribution in [0.25, 0.3) is 0 Å². The second kappa shape index (κ2) is 11.3. The van der Waals surface area contributed by atoms with Crippen LogP contribution in [0, 0.1) is 6.92 Å². The van der Waals surface area contributed by atoms with Crippen molar-refractivity contribution in [1.82, 2.24) is 0 Å². The summed E-state index contributed by atoms with van der Waals surface area (Å²) in [4.78, 5) is 38.2. The number of benzene rings is 2. The minimum atomic E-state index is -0.609. The number of anilines is 2. The molecule has 0 aliphatic carbocycles. The van der Waals surface area contributed by atoms with Gasteiger partial charge in [-0.05, 0) is 55.7 Å². The van der Waals surface area contributed by atoms with Gasteiger partial charge in [0.15, 0.2) is 0 Å². The van der Waals surface area contributed by atoms with Crippen LogP contribution in [0.15, 0.2) is 54.6 Å². The van der Waals surface area contributed by atoms with E-state index in [1.54, 1.807) is 31.2 Å². The first-order valence-electron chi connectivity index (χ1n) is 10.5. The SMILES string of the molecule is CCOc1ccc(NC(=O)c2sc(NC(=O)CCc3ccccc3)c(C(=O)OC)c2C)cc1. The van der Waals surface area contributed by atoms with E-state index in [9.17, 15) is 14.4 Å². The molecule has 0 radical (unpaired) electrons. The standard InChI is InChI=1S/C25H26N2O5S/c1-4-32-19-13-11-18(12-14-19)26-23(29)22-16(2)21(25(30)31-3)24(33-22)27-20(28)15-10-17-8-6-5-7-9-17/h5-9,11-14H,4,10,15H2,1-3H3,(H,26,29)(H,27,28). The maximum absolute atomic E-state index is 12.9. The van der Waals surface area contributed by atoms with Crippen LogP contribution in [0.4, 0.5) is 10.7 Å². The first-order valence-corrected chi connectivity index (χ1v) is 11.3. The zero-order chi connectivity index (χ0) is 23.8. The van der Waals surface area contributed by atoms with Crippen LogP contribution in [0.3, 0.4) is 0 Å². The maximum atomic E-state index is 12.9. The van der Waals surface area contributed by atoms with Gasteiger partial charge in [0.1, 0.15) is 10.8 Å². The van der Waals surface area contributed by atoms with Gasteiger partial charge in [-0.1, -0.05) is 30.3 Å². The smallest absolute Gasteiger partial charge is 0.341 e. The third-order valence-electron chi connectivity index (χ3n) is 4.90. The van der Waals surface area contributed by atoms with Crippen LogP contribution in [-0.2, 0) is 16.0 Å². The Balaban J connectivity index is 1.76. The first-order chi connectivity index (χ1) is 15.9. The molecular weight excluding hydrogens is 440 g/mol. The molecule has 172 valence electrons. The van der Waals surface area contributed by atoms with E-state index in [4.69, 9.17) is 9.47 Å². The fourth-order valence-electron chi connectivity index (χ4n) is 3.25. The van der Waals surface area contributed by atoms with Crippen molar-refractivity contribution in [3.8, 4) is 5.75 Å². The number of hydrogen-bond donors (Lipinski definition) is 2. The minimum absolute atomic E-state index is 0.187. The molecule has 2 aromatic carbocycles. The first kappa shape index (κ1) is 24.0. The topological polar surface area (TPSA) is 93.7 Å². The second-order valence-electron chi connectivity index (χ2n) is 7.20. The molecule has 0 aliphatic rings. The van der Waals surface area contributed by atoms with Crippen molar-refractivity contribution in [3.63, 3.8) is 0 Å². The molecule has 0 saturated heterocycles. The number of thiophene rings is 1. The van der Waals surface area contributed by atoms with Crippen molar-refractivity contribution in [3.05, 3.63) is 76.2 Å². The molecule has 3 aromatic rings. The Morgan fingerprint density at radius 1 is 0.970 bits per heavy atom. The van der Waals surface area contributed by atoms with Crippen LogP contribution >= 0.6 is 11.3 Å². The van der Waals surface area contributed by atoms with Gasteiger partial charge in [-0.3, -0.25) is 9.59 Å². The number of rotatable bonds is 9. The largest absolute Gasteiger partial charge is 0.494 e. The summed E-state index contributed by atoms with van der Waals surface area (Å²) in [5, 5.41) is 5.90. The molecule has 7 nitrogen and oxygen atoms in total. The number of amides is 2. The summed E-state index contributed by atoms with van der Waals surface area (Å²) in [6.45, 7) is 4.11. The molecule has 0 fully saturated rings. The van der Waals surface area contributed by atoms with Crippen LogP contribution in [-0.4, -0.2) is 31.5 Å². The molecule has 0 atom stereocenters. The van der Waals surface area contributed by atoms with Crippen LogP contribution in [0.1, 0.15) is 44.5 Å². The van der Waals surface area contributed by atoms with E-state index >= 15 is 0 Å². The number of carbonyl (C=O) groups excluding carboxylic acids is 3. The van der Waals surface area contributed by atoms with Gasteiger partial charge >= 0.3 is 5.97 Å². The van der Waals surface area contributed by atoms with Crippen LogP contribution in [0.2, 0.25) is 0 Å². The molecule has 0 spiro atoms. The number of carbonyl (C=O) groups is 3. The second-order valence-corrected chi connectivity index (χ2v) is 8.22. The van der Waals surface area contributed by atoms with Gasteiger partial charge in [-0.25, -0.2) is 4.79 Å². The Hall–Kier alpha value is -3.65. The minimum Gasteiger partial charge on any atom is -0.494 e. The molecular formula is C25H26N2O5S. The lowest BCUT2D eigenvalue weighted by Crippen LogP contribution is -2.14. The molecule has 0 bridgehead atoms. The molecule has 3 rings (SSSR count). The van der Waals surface area contributed by atoms with Gasteiger partial charge < -0.3 is 20.1 Å². The van der Waals surface area contributed by atoms with E-state index in [0.29, 0.717) is 39.9 Å². The molecule has 0 saturated carbocycles. The van der Waals surface area contributed by atoms with E-state index in [1.807, 2.05) is 37.3 Å². The fourth-order valence-corrected chi connectivity index (χ4v) is 4.35. The molecule has 2 amide bonds. The van der Waals surface area contributed by atoms with E-state index in [2.05, 4.69) is 10.6 Å². The fraction of sp³-hybridized carbons (Fsp3) is 0.240. The van der Waals surface area contributed by atoms with Crippen LogP contribution < -0.4 is 15.4 Å². The predicted molar refractivity (Wildman–Crippen MR) is 129 cm³/mol. The molecule has 2 N–H and O–H groups in total. The Bertz CT molecular complexity index is 1120. The van der Waals surface area contributed by atoms with Crippen molar-refractivity contribution in [1.29, 1.82) is 0 Å². The number of esters is 1. The van der Waals surface area contributed by atoms with Crippen molar-refractivity contribution in [2.75, 3.05) is 24.4 Å². The Labute approximate surface area is 196 Å². The number of nitrogens with one attached hydrogen (secondary N) is 2. The molecule has 1 heterocycles. The molecule has 0 aliphatic heterocycles. The number of hydrogen-bond acceptors (Lipinski definition) is 6. The maximum Gasteiger partial charge on any atom is 0.341 e. The summed E-state index contributed by atoms with van der Waals surface area (Å²) in [5.41, 5.74) is 2.27. The van der Waals surface area contributed by atoms with Gasteiger partial charge in [-0.15, -0.1) is 11.3 Å². The van der Waals surface area contributed by atoms with Gasteiger partial charge in [0.05, 0.1) is 24.2 Å². The normalized spacial score (nSPS) is 10.4. The lowest BCUT2D eigenvalue weighted by atomic mass is 10.1. The molecule has 33 heavy (non-hydrogen) atoms. The lowest BCUT2D eigenvalue weighted by Gasteiger charge is -2.07. The zero-order valence-electron chi connectivity index (χ0n) is 18.8. The third-order valence-corrected chi connectivity index (χ3v) is 6.11. The van der Waals surface area contributed by atoms with Crippen LogP contribution in [0.5, 0.6) is 5.75 Å². The summed E-state index contributed by atoms with van der Waals surface area (Å²) in [6.07, 6.45) is 0.810. The number of methoxy groups -OCH3 is 1. The Morgan fingerprint density at radius 2 is 1.67 bits per heavy atom. The average Bonchev–Trinajstić information content (AvgIpc) is 3.15. The highest BCUT2D eigenvalue weighted by Crippen LogP contribution is 2.34. The van der Waals surface area contributed by atoms with E-state index in [-0.39, 0.29) is 23.8 Å². The third kappa shape index (κ3) is 6.20. The highest BCUT2D eigenvalue weighted by molar-refractivity contribution is 7.18. The predicted octanol–water partition coefficient (Wildman–Crippen LogP) is 5.07. The summed E-state index contributed by atoms with van der Waals surface area (Å²) in [6, 6.07) is 16.6. The van der Waals surface area contributed by atoms with Gasteiger partial charge in [0, 0.05) is 12.1 Å². The lowest BCUT2D eigenvalue weighted by molar-refractivity contribution is -0.116. The summed E-state index contributed by atoms with van der Waals surface area (Å²) in [7, 11) is 1.26. The number of ether oxygens (including phenoxy) is 2. The summed E-state index contributed by atoms with van der Waals surface area (Å²) in [5.74, 6) is -0.529. The van der Waals surface area contributed by atoms with Crippen molar-refractivity contribution < 1.29 is 23.9 Å². The Morgan fingerprint density at radius 3 is 2.30 bits per heavy atom. The highest BCUT2D eigenvalue weighted by atomic mass is 32.1. The molecule has 1 aromatic heterocycles. The highest BCUT2D eigenvalue weighted by Gasteiger charge is 2.26. The number of aryl methyl sites for hydroxylation is 1. The van der Waals surface area contributed by atoms with Crippen molar-refractivity contribution >= 4 is 39.8 Å². The van der Waals surface area contributed by atoms with Gasteiger partial charge in [-0.2, -0.15) is 0 Å². The summed E-state index contributed by atoms with van der Waals surface area (Å²) >= 11 is 1.05. The Kier molecular flexibility index (Phi) is 8.21.